The van der Waals surface area contributed by atoms with E-state index in [9.17, 15) is 8.78 Å². The highest BCUT2D eigenvalue weighted by Crippen LogP contribution is 2.34. The van der Waals surface area contributed by atoms with E-state index in [-0.39, 0.29) is 11.7 Å². The van der Waals surface area contributed by atoms with Crippen LogP contribution in [-0.2, 0) is 0 Å². The molecule has 0 radical (unpaired) electrons. The summed E-state index contributed by atoms with van der Waals surface area (Å²) in [6.45, 7) is 3.20. The van der Waals surface area contributed by atoms with Gasteiger partial charge in [0.15, 0.2) is 0 Å². The van der Waals surface area contributed by atoms with E-state index in [0.29, 0.717) is 17.8 Å². The van der Waals surface area contributed by atoms with E-state index < -0.39 is 5.82 Å². The highest BCUT2D eigenvalue weighted by molar-refractivity contribution is 5.87. The first-order valence-electron chi connectivity index (χ1n) is 7.90. The second-order valence-corrected chi connectivity index (χ2v) is 6.10. The summed E-state index contributed by atoms with van der Waals surface area (Å²) in [4.78, 5) is 10.5. The Labute approximate surface area is 137 Å². The van der Waals surface area contributed by atoms with Gasteiger partial charge in [-0.25, -0.2) is 13.8 Å². The fraction of sp³-hybridized carbons (Fsp3) is 0.353. The Kier molecular flexibility index (Phi) is 3.63. The van der Waals surface area contributed by atoms with Crippen molar-refractivity contribution >= 4 is 16.9 Å². The normalized spacial score (nSPS) is 18.3. The molecule has 2 aromatic heterocycles. The molecule has 1 unspecified atom stereocenters. The molecule has 0 aliphatic carbocycles. The Hall–Kier alpha value is -2.57. The Morgan fingerprint density at radius 3 is 3.00 bits per heavy atom. The van der Waals surface area contributed by atoms with Gasteiger partial charge in [-0.05, 0) is 43.5 Å². The molecule has 7 heteroatoms. The highest BCUT2D eigenvalue weighted by Gasteiger charge is 2.27. The summed E-state index contributed by atoms with van der Waals surface area (Å²) < 4.78 is 32.8. The summed E-state index contributed by atoms with van der Waals surface area (Å²) in [6, 6.07) is 3.63. The highest BCUT2D eigenvalue weighted by atomic mass is 19.1. The minimum absolute atomic E-state index is 0.0837. The Morgan fingerprint density at radius 2 is 2.12 bits per heavy atom. The van der Waals surface area contributed by atoms with Gasteiger partial charge in [0.25, 0.3) is 5.71 Å². The van der Waals surface area contributed by atoms with Crippen LogP contribution in [0.1, 0.15) is 30.0 Å². The minimum Gasteiger partial charge on any atom is -0.355 e. The van der Waals surface area contributed by atoms with Crippen LogP contribution in [0.5, 0.6) is 0 Å². The molecule has 5 nitrogen and oxygen atoms in total. The first-order chi connectivity index (χ1) is 11.6. The van der Waals surface area contributed by atoms with Crippen molar-refractivity contribution in [2.75, 3.05) is 18.0 Å². The number of aromatic nitrogens is 3. The van der Waals surface area contributed by atoms with Crippen LogP contribution in [0.3, 0.4) is 0 Å². The van der Waals surface area contributed by atoms with Crippen LogP contribution in [0, 0.1) is 18.6 Å². The lowest BCUT2D eigenvalue weighted by molar-refractivity contribution is 0.442. The average molecular weight is 330 g/mol. The van der Waals surface area contributed by atoms with Crippen LogP contribution in [0.2, 0.25) is 0 Å². The maximum atomic E-state index is 14.1. The number of halogens is 2. The van der Waals surface area contributed by atoms with Crippen molar-refractivity contribution in [3.8, 4) is 0 Å². The number of hydrogen-bond donors (Lipinski definition) is 0. The molecule has 0 spiro atoms. The van der Waals surface area contributed by atoms with Gasteiger partial charge in [-0.1, -0.05) is 5.16 Å². The summed E-state index contributed by atoms with van der Waals surface area (Å²) in [5.41, 5.74) is 1.59. The third kappa shape index (κ3) is 2.50. The lowest BCUT2D eigenvalue weighted by Crippen LogP contribution is -2.35. The smallest absolute Gasteiger partial charge is 0.263 e. The molecule has 0 saturated carbocycles. The van der Waals surface area contributed by atoms with Crippen molar-refractivity contribution in [3.63, 3.8) is 0 Å². The van der Waals surface area contributed by atoms with Crippen molar-refractivity contribution < 1.29 is 13.3 Å². The summed E-state index contributed by atoms with van der Waals surface area (Å²) in [7, 11) is 0. The van der Waals surface area contributed by atoms with Crippen molar-refractivity contribution in [2.24, 2.45) is 0 Å². The van der Waals surface area contributed by atoms with E-state index in [2.05, 4.69) is 20.0 Å². The van der Waals surface area contributed by atoms with Crippen molar-refractivity contribution in [3.05, 3.63) is 47.4 Å². The van der Waals surface area contributed by atoms with Crippen LogP contribution in [0.25, 0.3) is 11.1 Å². The average Bonchev–Trinajstić information content (AvgIpc) is 2.99. The van der Waals surface area contributed by atoms with Gasteiger partial charge in [0.1, 0.15) is 29.2 Å². The molecule has 3 heterocycles. The van der Waals surface area contributed by atoms with Gasteiger partial charge in [-0.2, -0.15) is 4.98 Å². The second-order valence-electron chi connectivity index (χ2n) is 6.10. The quantitative estimate of drug-likeness (QED) is 0.719. The number of fused-ring (bicyclic) bond motifs is 1. The summed E-state index contributed by atoms with van der Waals surface area (Å²) in [5, 5.41) is 4.72. The predicted octanol–water partition coefficient (Wildman–Crippen LogP) is 3.59. The number of hydrogen-bond acceptors (Lipinski definition) is 5. The molecule has 1 saturated heterocycles. The van der Waals surface area contributed by atoms with E-state index in [0.717, 1.165) is 42.4 Å². The van der Waals surface area contributed by atoms with Crippen LogP contribution in [0.4, 0.5) is 14.6 Å². The minimum atomic E-state index is -0.414. The maximum absolute atomic E-state index is 14.1. The first-order valence-corrected chi connectivity index (χ1v) is 7.90. The summed E-state index contributed by atoms with van der Waals surface area (Å²) >= 11 is 0. The Bertz CT molecular complexity index is 895. The first kappa shape index (κ1) is 15.0. The standard InChI is InChI=1S/C17H16F2N4O/c1-10-15-16(20-9-21-17(15)24-22-10)23-6-2-3-11(8-23)13-7-12(18)4-5-14(13)19/h4-5,7,9,11H,2-3,6,8H2,1H3. The van der Waals surface area contributed by atoms with Gasteiger partial charge < -0.3 is 9.42 Å². The van der Waals surface area contributed by atoms with Gasteiger partial charge in [0, 0.05) is 19.0 Å². The van der Waals surface area contributed by atoms with Crippen LogP contribution < -0.4 is 4.90 Å². The molecule has 0 bridgehead atoms. The third-order valence-corrected chi connectivity index (χ3v) is 4.54. The van der Waals surface area contributed by atoms with Gasteiger partial charge in [0.05, 0.1) is 5.69 Å². The SMILES string of the molecule is Cc1noc2ncnc(N3CCCC(c4cc(F)ccc4F)C3)c12. The molecule has 1 aliphatic heterocycles. The van der Waals surface area contributed by atoms with Gasteiger partial charge in [0.2, 0.25) is 0 Å². The zero-order valence-corrected chi connectivity index (χ0v) is 13.2. The van der Waals surface area contributed by atoms with Crippen molar-refractivity contribution in [1.29, 1.82) is 0 Å². The predicted molar refractivity (Wildman–Crippen MR) is 84.9 cm³/mol. The summed E-state index contributed by atoms with van der Waals surface area (Å²) in [5.74, 6) is -0.125. The molecule has 124 valence electrons. The number of aryl methyl sites for hydroxylation is 1. The van der Waals surface area contributed by atoms with Crippen LogP contribution in [-0.4, -0.2) is 28.2 Å². The molecule has 1 aromatic carbocycles. The monoisotopic (exact) mass is 330 g/mol. The van der Waals surface area contributed by atoms with E-state index in [1.54, 1.807) is 0 Å². The maximum Gasteiger partial charge on any atom is 0.263 e. The summed E-state index contributed by atoms with van der Waals surface area (Å²) in [6.07, 6.45) is 3.12. The number of nitrogens with zero attached hydrogens (tertiary/aromatic N) is 4. The second kappa shape index (κ2) is 5.81. The largest absolute Gasteiger partial charge is 0.355 e. The van der Waals surface area contributed by atoms with Crippen LogP contribution in [0.15, 0.2) is 29.0 Å². The number of anilines is 1. The van der Waals surface area contributed by atoms with E-state index in [1.807, 2.05) is 6.92 Å². The molecule has 0 amide bonds. The molecular formula is C17H16F2N4O. The molecule has 3 aromatic rings. The number of rotatable bonds is 2. The number of piperidine rings is 1. The Morgan fingerprint density at radius 1 is 1.25 bits per heavy atom. The molecule has 1 aliphatic rings. The van der Waals surface area contributed by atoms with Crippen molar-refractivity contribution in [1.82, 2.24) is 15.1 Å². The Balaban J connectivity index is 1.70. The van der Waals surface area contributed by atoms with Gasteiger partial charge in [-0.3, -0.25) is 0 Å². The number of benzene rings is 1. The molecular weight excluding hydrogens is 314 g/mol. The molecule has 24 heavy (non-hydrogen) atoms. The van der Waals surface area contributed by atoms with E-state index >= 15 is 0 Å². The zero-order valence-electron chi connectivity index (χ0n) is 13.2. The van der Waals surface area contributed by atoms with Crippen molar-refractivity contribution in [2.45, 2.75) is 25.7 Å². The topological polar surface area (TPSA) is 55.1 Å². The third-order valence-electron chi connectivity index (χ3n) is 4.54. The zero-order chi connectivity index (χ0) is 16.7. The molecule has 1 atom stereocenters. The molecule has 0 N–H and O–H groups in total. The lowest BCUT2D eigenvalue weighted by Gasteiger charge is -2.34. The molecule has 4 rings (SSSR count). The lowest BCUT2D eigenvalue weighted by atomic mass is 9.90. The van der Waals surface area contributed by atoms with Gasteiger partial charge >= 0.3 is 0 Å². The van der Waals surface area contributed by atoms with E-state index in [4.69, 9.17) is 4.52 Å². The van der Waals surface area contributed by atoms with E-state index in [1.165, 1.54) is 18.5 Å². The fourth-order valence-corrected chi connectivity index (χ4v) is 3.39. The fourth-order valence-electron chi connectivity index (χ4n) is 3.39. The van der Waals surface area contributed by atoms with Gasteiger partial charge in [-0.15, -0.1) is 0 Å². The molecule has 1 fully saturated rings. The van der Waals surface area contributed by atoms with Crippen LogP contribution >= 0.6 is 0 Å².